The zero-order valence-corrected chi connectivity index (χ0v) is 12.2. The van der Waals surface area contributed by atoms with E-state index in [4.69, 9.17) is 4.42 Å². The van der Waals surface area contributed by atoms with Gasteiger partial charge in [0.25, 0.3) is 0 Å². The normalized spacial score (nSPS) is 10.8. The summed E-state index contributed by atoms with van der Waals surface area (Å²) in [5.74, 6) is 1.49. The average Bonchev–Trinajstić information content (AvgIpc) is 2.73. The van der Waals surface area contributed by atoms with Crippen molar-refractivity contribution < 1.29 is 4.42 Å². The van der Waals surface area contributed by atoms with E-state index in [0.717, 1.165) is 16.1 Å². The third kappa shape index (κ3) is 3.25. The molecule has 0 saturated carbocycles. The van der Waals surface area contributed by atoms with Crippen LogP contribution in [0, 0.1) is 3.77 Å². The predicted octanol–water partition coefficient (Wildman–Crippen LogP) is 4.62. The molecule has 0 bridgehead atoms. The van der Waals surface area contributed by atoms with E-state index in [2.05, 4.69) is 66.0 Å². The Balaban J connectivity index is 2.08. The van der Waals surface area contributed by atoms with Crippen LogP contribution in [0.2, 0.25) is 0 Å². The van der Waals surface area contributed by atoms with E-state index < -0.39 is 0 Å². The molecule has 0 aliphatic heterocycles. The minimum Gasteiger partial charge on any atom is -0.454 e. The number of hydrogen-bond donors (Lipinski definition) is 1. The summed E-state index contributed by atoms with van der Waals surface area (Å²) in [6.07, 6.45) is 0. The van der Waals surface area contributed by atoms with Gasteiger partial charge in [0.05, 0.1) is 6.54 Å². The summed E-state index contributed by atoms with van der Waals surface area (Å²) >= 11 is 2.18. The molecule has 1 aromatic heterocycles. The van der Waals surface area contributed by atoms with E-state index in [9.17, 15) is 0 Å². The van der Waals surface area contributed by atoms with Crippen molar-refractivity contribution in [3.05, 3.63) is 51.5 Å². The molecule has 0 radical (unpaired) electrons. The zero-order chi connectivity index (χ0) is 12.3. The Morgan fingerprint density at radius 3 is 2.59 bits per heavy atom. The second-order valence-electron chi connectivity index (χ2n) is 4.30. The second-order valence-corrected chi connectivity index (χ2v) is 5.36. The van der Waals surface area contributed by atoms with Crippen LogP contribution in [0.15, 0.2) is 40.8 Å². The third-order valence-electron chi connectivity index (χ3n) is 2.66. The Morgan fingerprint density at radius 1 is 1.18 bits per heavy atom. The van der Waals surface area contributed by atoms with Gasteiger partial charge < -0.3 is 9.73 Å². The molecule has 2 rings (SSSR count). The number of rotatable bonds is 4. The second kappa shape index (κ2) is 5.58. The average molecular weight is 341 g/mol. The lowest BCUT2D eigenvalue weighted by molar-refractivity contribution is 0.492. The lowest BCUT2D eigenvalue weighted by Crippen LogP contribution is -2.02. The maximum atomic E-state index is 5.53. The highest BCUT2D eigenvalue weighted by Crippen LogP contribution is 2.24. The van der Waals surface area contributed by atoms with Crippen molar-refractivity contribution in [2.75, 3.05) is 5.32 Å². The lowest BCUT2D eigenvalue weighted by Gasteiger charge is -2.13. The minimum absolute atomic E-state index is 0.524. The molecule has 2 nitrogen and oxygen atoms in total. The van der Waals surface area contributed by atoms with E-state index in [1.165, 1.54) is 11.3 Å². The largest absolute Gasteiger partial charge is 0.454 e. The molecule has 0 saturated heterocycles. The molecule has 0 atom stereocenters. The van der Waals surface area contributed by atoms with Crippen molar-refractivity contribution in [1.29, 1.82) is 0 Å². The van der Waals surface area contributed by atoms with Crippen molar-refractivity contribution in [2.24, 2.45) is 0 Å². The maximum Gasteiger partial charge on any atom is 0.164 e. The number of hydrogen-bond acceptors (Lipinski definition) is 2. The van der Waals surface area contributed by atoms with Crippen LogP contribution in [-0.4, -0.2) is 0 Å². The van der Waals surface area contributed by atoms with Crippen LogP contribution in [0.4, 0.5) is 5.69 Å². The highest BCUT2D eigenvalue weighted by molar-refractivity contribution is 14.1. The molecule has 17 heavy (non-hydrogen) atoms. The monoisotopic (exact) mass is 341 g/mol. The highest BCUT2D eigenvalue weighted by atomic mass is 127. The van der Waals surface area contributed by atoms with Crippen molar-refractivity contribution in [2.45, 2.75) is 26.3 Å². The van der Waals surface area contributed by atoms with E-state index in [0.29, 0.717) is 5.92 Å². The van der Waals surface area contributed by atoms with E-state index >= 15 is 0 Å². The van der Waals surface area contributed by atoms with Gasteiger partial charge in [0.2, 0.25) is 0 Å². The van der Waals surface area contributed by atoms with Gasteiger partial charge >= 0.3 is 0 Å². The van der Waals surface area contributed by atoms with Crippen molar-refractivity contribution in [1.82, 2.24) is 0 Å². The summed E-state index contributed by atoms with van der Waals surface area (Å²) in [7, 11) is 0. The molecule has 0 spiro atoms. The van der Waals surface area contributed by atoms with Gasteiger partial charge in [-0.1, -0.05) is 32.0 Å². The number of halogens is 1. The number of benzene rings is 1. The molecule has 3 heteroatoms. The van der Waals surface area contributed by atoms with Gasteiger partial charge in [0, 0.05) is 5.69 Å². The van der Waals surface area contributed by atoms with Gasteiger partial charge in [-0.15, -0.1) is 0 Å². The molecule has 0 unspecified atom stereocenters. The van der Waals surface area contributed by atoms with Gasteiger partial charge in [-0.3, -0.25) is 0 Å². The summed E-state index contributed by atoms with van der Waals surface area (Å²) < 4.78 is 6.46. The molecule has 0 fully saturated rings. The number of para-hydroxylation sites is 1. The molecule has 0 aliphatic rings. The minimum atomic E-state index is 0.524. The molecular weight excluding hydrogens is 325 g/mol. The smallest absolute Gasteiger partial charge is 0.164 e. The zero-order valence-electron chi connectivity index (χ0n) is 10.0. The quantitative estimate of drug-likeness (QED) is 0.821. The number of furan rings is 1. The SMILES string of the molecule is CC(C)c1ccccc1NCc1ccc(I)o1. The maximum absolute atomic E-state index is 5.53. The first kappa shape index (κ1) is 12.5. The van der Waals surface area contributed by atoms with Crippen LogP contribution < -0.4 is 5.32 Å². The fraction of sp³-hybridized carbons (Fsp3) is 0.286. The Morgan fingerprint density at radius 2 is 1.94 bits per heavy atom. The van der Waals surface area contributed by atoms with E-state index in [1.54, 1.807) is 0 Å². The standard InChI is InChI=1S/C14H16INO/c1-10(2)12-5-3-4-6-13(12)16-9-11-7-8-14(15)17-11/h3-8,10,16H,9H2,1-2H3. The third-order valence-corrected chi connectivity index (χ3v) is 3.24. The van der Waals surface area contributed by atoms with Crippen molar-refractivity contribution in [3.8, 4) is 0 Å². The van der Waals surface area contributed by atoms with Gasteiger partial charge in [0.15, 0.2) is 3.77 Å². The van der Waals surface area contributed by atoms with Crippen molar-refractivity contribution in [3.63, 3.8) is 0 Å². The van der Waals surface area contributed by atoms with E-state index in [-0.39, 0.29) is 0 Å². The molecule has 1 aromatic carbocycles. The topological polar surface area (TPSA) is 25.2 Å². The van der Waals surface area contributed by atoms with Gasteiger partial charge in [-0.25, -0.2) is 0 Å². The van der Waals surface area contributed by atoms with Crippen LogP contribution in [0.3, 0.4) is 0 Å². The first-order valence-electron chi connectivity index (χ1n) is 5.74. The molecule has 0 amide bonds. The molecular formula is C14H16INO. The van der Waals surface area contributed by atoms with Crippen LogP contribution in [0.1, 0.15) is 31.1 Å². The van der Waals surface area contributed by atoms with Crippen LogP contribution in [0.5, 0.6) is 0 Å². The lowest BCUT2D eigenvalue weighted by atomic mass is 10.0. The Kier molecular flexibility index (Phi) is 4.10. The van der Waals surface area contributed by atoms with Gasteiger partial charge in [0.1, 0.15) is 5.76 Å². The van der Waals surface area contributed by atoms with Gasteiger partial charge in [-0.2, -0.15) is 0 Å². The first-order valence-corrected chi connectivity index (χ1v) is 6.81. The molecule has 90 valence electrons. The van der Waals surface area contributed by atoms with Crippen LogP contribution in [0.25, 0.3) is 0 Å². The Labute approximate surface area is 116 Å². The predicted molar refractivity (Wildman–Crippen MR) is 79.3 cm³/mol. The highest BCUT2D eigenvalue weighted by Gasteiger charge is 2.06. The summed E-state index contributed by atoms with van der Waals surface area (Å²) in [5, 5.41) is 3.43. The summed E-state index contributed by atoms with van der Waals surface area (Å²) in [5.41, 5.74) is 2.53. The fourth-order valence-corrected chi connectivity index (χ4v) is 2.25. The van der Waals surface area contributed by atoms with Crippen LogP contribution in [-0.2, 0) is 6.54 Å². The molecule has 0 aliphatic carbocycles. The summed E-state index contributed by atoms with van der Waals surface area (Å²) in [4.78, 5) is 0. The van der Waals surface area contributed by atoms with E-state index in [1.807, 2.05) is 12.1 Å². The Bertz CT molecular complexity index is 490. The van der Waals surface area contributed by atoms with Crippen molar-refractivity contribution >= 4 is 28.3 Å². The molecule has 2 aromatic rings. The Hall–Kier alpha value is -0.970. The first-order chi connectivity index (χ1) is 8.16. The van der Waals surface area contributed by atoms with Crippen LogP contribution >= 0.6 is 22.6 Å². The molecule has 1 N–H and O–H groups in total. The summed E-state index contributed by atoms with van der Waals surface area (Å²) in [6.45, 7) is 5.14. The summed E-state index contributed by atoms with van der Waals surface area (Å²) in [6, 6.07) is 12.4. The van der Waals surface area contributed by atoms with Gasteiger partial charge in [-0.05, 0) is 52.3 Å². The number of anilines is 1. The molecule has 1 heterocycles. The number of nitrogens with one attached hydrogen (secondary N) is 1. The fourth-order valence-electron chi connectivity index (χ4n) is 1.79.